The Morgan fingerprint density at radius 1 is 1.24 bits per heavy atom. The molecule has 1 aliphatic rings. The molecule has 1 aliphatic heterocycles. The number of carbonyl (C=O) groups excluding carboxylic acids is 1. The number of hydrogen-bond donors (Lipinski definition) is 2. The van der Waals surface area contributed by atoms with E-state index in [9.17, 15) is 4.79 Å². The molecule has 140 valence electrons. The highest BCUT2D eigenvalue weighted by molar-refractivity contribution is 5.85. The number of rotatable bonds is 6. The molecule has 0 atom stereocenters. The zero-order chi connectivity index (χ0) is 16.1. The number of oxazole rings is 1. The Bertz CT molecular complexity index is 624. The van der Waals surface area contributed by atoms with Gasteiger partial charge in [0.25, 0.3) is 6.01 Å². The average molecular weight is 389 g/mol. The lowest BCUT2D eigenvalue weighted by atomic mass is 9.96. The fraction of sp³-hybridized carbons (Fsp3) is 0.529. The van der Waals surface area contributed by atoms with Gasteiger partial charge in [-0.05, 0) is 31.5 Å². The highest BCUT2D eigenvalue weighted by Gasteiger charge is 2.26. The number of hydrogen-bond acceptors (Lipinski definition) is 5. The first-order valence-electron chi connectivity index (χ1n) is 8.37. The number of halogens is 2. The van der Waals surface area contributed by atoms with Crippen LogP contribution in [0.3, 0.4) is 0 Å². The zero-order valence-electron chi connectivity index (χ0n) is 14.4. The van der Waals surface area contributed by atoms with Crippen LogP contribution in [0.5, 0.6) is 0 Å². The normalized spacial score (nSPS) is 14.7. The molecule has 0 saturated carbocycles. The Labute approximate surface area is 160 Å². The molecule has 1 fully saturated rings. The summed E-state index contributed by atoms with van der Waals surface area (Å²) in [6.07, 6.45) is 1.68. The van der Waals surface area contributed by atoms with E-state index in [1.165, 1.54) is 0 Å². The number of piperidine rings is 1. The van der Waals surface area contributed by atoms with E-state index in [-0.39, 0.29) is 36.6 Å². The lowest BCUT2D eigenvalue weighted by Crippen LogP contribution is -2.42. The van der Waals surface area contributed by atoms with E-state index < -0.39 is 0 Å². The largest absolute Gasteiger partial charge is 0.423 e. The quantitative estimate of drug-likeness (QED) is 0.744. The summed E-state index contributed by atoms with van der Waals surface area (Å²) in [5.74, 6) is 0.261. The van der Waals surface area contributed by atoms with Crippen LogP contribution in [0.25, 0.3) is 11.1 Å². The minimum absolute atomic E-state index is 0. The third kappa shape index (κ3) is 5.49. The van der Waals surface area contributed by atoms with E-state index in [0.29, 0.717) is 12.6 Å². The maximum atomic E-state index is 12.1. The van der Waals surface area contributed by atoms with Gasteiger partial charge in [-0.1, -0.05) is 19.1 Å². The first-order chi connectivity index (χ1) is 11.3. The highest BCUT2D eigenvalue weighted by Crippen LogP contribution is 2.26. The van der Waals surface area contributed by atoms with E-state index >= 15 is 0 Å². The summed E-state index contributed by atoms with van der Waals surface area (Å²) in [7, 11) is 0. The lowest BCUT2D eigenvalue weighted by Gasteiger charge is -2.30. The van der Waals surface area contributed by atoms with Gasteiger partial charge >= 0.3 is 0 Å². The van der Waals surface area contributed by atoms with Crippen LogP contribution in [0.2, 0.25) is 0 Å². The van der Waals surface area contributed by atoms with Gasteiger partial charge in [-0.15, -0.1) is 24.8 Å². The van der Waals surface area contributed by atoms with Gasteiger partial charge in [-0.2, -0.15) is 4.98 Å². The molecule has 1 aromatic carbocycles. The third-order valence-corrected chi connectivity index (χ3v) is 4.27. The van der Waals surface area contributed by atoms with Crippen LogP contribution in [0.15, 0.2) is 28.7 Å². The number of para-hydroxylation sites is 2. The number of aromatic nitrogens is 1. The van der Waals surface area contributed by atoms with Crippen molar-refractivity contribution in [2.75, 3.05) is 37.6 Å². The zero-order valence-corrected chi connectivity index (χ0v) is 16.0. The molecule has 3 rings (SSSR count). The Hall–Kier alpha value is -1.50. The summed E-state index contributed by atoms with van der Waals surface area (Å²) in [5.41, 5.74) is 1.69. The molecular weight excluding hydrogens is 363 g/mol. The van der Waals surface area contributed by atoms with Crippen LogP contribution in [-0.4, -0.2) is 43.6 Å². The second-order valence-electron chi connectivity index (χ2n) is 5.87. The number of carbonyl (C=O) groups is 1. The number of amides is 1. The van der Waals surface area contributed by atoms with E-state index in [4.69, 9.17) is 4.42 Å². The van der Waals surface area contributed by atoms with Crippen molar-refractivity contribution >= 4 is 47.8 Å². The van der Waals surface area contributed by atoms with Gasteiger partial charge < -0.3 is 20.0 Å². The monoisotopic (exact) mass is 388 g/mol. The second kappa shape index (κ2) is 10.5. The van der Waals surface area contributed by atoms with Crippen molar-refractivity contribution < 1.29 is 9.21 Å². The van der Waals surface area contributed by atoms with Crippen molar-refractivity contribution in [3.63, 3.8) is 0 Å². The van der Waals surface area contributed by atoms with Crippen LogP contribution >= 0.6 is 24.8 Å². The predicted molar refractivity (Wildman–Crippen MR) is 105 cm³/mol. The fourth-order valence-corrected chi connectivity index (χ4v) is 2.92. The number of nitrogens with one attached hydrogen (secondary N) is 2. The first kappa shape index (κ1) is 21.5. The van der Waals surface area contributed by atoms with Crippen LogP contribution in [0, 0.1) is 5.92 Å². The maximum Gasteiger partial charge on any atom is 0.298 e. The second-order valence-corrected chi connectivity index (χ2v) is 5.87. The molecule has 2 aromatic rings. The van der Waals surface area contributed by atoms with Crippen LogP contribution in [-0.2, 0) is 4.79 Å². The lowest BCUT2D eigenvalue weighted by molar-refractivity contribution is -0.125. The molecule has 0 unspecified atom stereocenters. The van der Waals surface area contributed by atoms with E-state index in [2.05, 4.69) is 27.4 Å². The first-order valence-corrected chi connectivity index (χ1v) is 8.37. The fourth-order valence-electron chi connectivity index (χ4n) is 2.92. The Kier molecular flexibility index (Phi) is 9.03. The standard InChI is InChI=1S/C17H24N4O2.2ClH/c1-2-18-9-10-19-16(22)13-7-11-21(12-8-13)17-20-14-5-3-4-6-15(14)23-17;;/h3-6,13,18H,2,7-12H2,1H3,(H,19,22);2*1H. The van der Waals surface area contributed by atoms with Gasteiger partial charge in [-0.25, -0.2) is 0 Å². The SMILES string of the molecule is CCNCCNC(=O)C1CCN(c2nc3ccccc3o2)CC1.Cl.Cl. The van der Waals surface area contributed by atoms with Crippen LogP contribution in [0.4, 0.5) is 6.01 Å². The molecule has 25 heavy (non-hydrogen) atoms. The molecule has 0 aliphatic carbocycles. The number of likely N-dealkylation sites (N-methyl/N-ethyl adjacent to an activating group) is 1. The molecule has 6 nitrogen and oxygen atoms in total. The van der Waals surface area contributed by atoms with Crippen molar-refractivity contribution in [3.05, 3.63) is 24.3 Å². The van der Waals surface area contributed by atoms with Crippen LogP contribution in [0.1, 0.15) is 19.8 Å². The third-order valence-electron chi connectivity index (χ3n) is 4.27. The molecule has 1 aromatic heterocycles. The molecule has 0 radical (unpaired) electrons. The topological polar surface area (TPSA) is 70.4 Å². The Balaban J connectivity index is 0.00000156. The summed E-state index contributed by atoms with van der Waals surface area (Å²) in [4.78, 5) is 18.8. The van der Waals surface area contributed by atoms with Gasteiger partial charge in [0, 0.05) is 32.1 Å². The molecule has 8 heteroatoms. The van der Waals surface area contributed by atoms with Gasteiger partial charge in [0.05, 0.1) is 0 Å². The van der Waals surface area contributed by atoms with Crippen molar-refractivity contribution in [2.24, 2.45) is 5.92 Å². The summed E-state index contributed by atoms with van der Waals surface area (Å²) < 4.78 is 5.80. The van der Waals surface area contributed by atoms with E-state index in [1.54, 1.807) is 0 Å². The summed E-state index contributed by atoms with van der Waals surface area (Å²) >= 11 is 0. The average Bonchev–Trinajstić information content (AvgIpc) is 3.03. The molecule has 2 N–H and O–H groups in total. The summed E-state index contributed by atoms with van der Waals surface area (Å²) in [6, 6.07) is 8.44. The maximum absolute atomic E-state index is 12.1. The van der Waals surface area contributed by atoms with E-state index in [0.717, 1.165) is 50.1 Å². The molecule has 0 bridgehead atoms. The smallest absolute Gasteiger partial charge is 0.298 e. The van der Waals surface area contributed by atoms with Crippen molar-refractivity contribution in [1.29, 1.82) is 0 Å². The Morgan fingerprint density at radius 3 is 2.64 bits per heavy atom. The minimum atomic E-state index is 0. The summed E-state index contributed by atoms with van der Waals surface area (Å²) in [6.45, 7) is 6.11. The molecule has 2 heterocycles. The van der Waals surface area contributed by atoms with Crippen molar-refractivity contribution in [3.8, 4) is 0 Å². The minimum Gasteiger partial charge on any atom is -0.423 e. The number of fused-ring (bicyclic) bond motifs is 1. The van der Waals surface area contributed by atoms with Crippen molar-refractivity contribution in [1.82, 2.24) is 15.6 Å². The molecule has 1 saturated heterocycles. The molecule has 1 amide bonds. The highest BCUT2D eigenvalue weighted by atomic mass is 35.5. The molecular formula is C17H26Cl2N4O2. The Morgan fingerprint density at radius 2 is 1.96 bits per heavy atom. The van der Waals surface area contributed by atoms with Gasteiger partial charge in [0.2, 0.25) is 5.91 Å². The number of anilines is 1. The van der Waals surface area contributed by atoms with Crippen molar-refractivity contribution in [2.45, 2.75) is 19.8 Å². The predicted octanol–water partition coefficient (Wildman–Crippen LogP) is 2.61. The van der Waals surface area contributed by atoms with Gasteiger partial charge in [0.1, 0.15) is 5.52 Å². The number of nitrogens with zero attached hydrogens (tertiary/aromatic N) is 2. The van der Waals surface area contributed by atoms with Gasteiger partial charge in [-0.3, -0.25) is 4.79 Å². The van der Waals surface area contributed by atoms with E-state index in [1.807, 2.05) is 24.3 Å². The molecule has 0 spiro atoms. The van der Waals surface area contributed by atoms with Gasteiger partial charge in [0.15, 0.2) is 5.58 Å². The van der Waals surface area contributed by atoms with Crippen LogP contribution < -0.4 is 15.5 Å². The summed E-state index contributed by atoms with van der Waals surface area (Å²) in [5, 5.41) is 6.21. The number of benzene rings is 1.